The van der Waals surface area contributed by atoms with E-state index in [4.69, 9.17) is 21.7 Å². The number of aromatic amines is 1. The number of esters is 3. The van der Waals surface area contributed by atoms with E-state index < -0.39 is 60.2 Å². The number of rotatable bonds is 8. The van der Waals surface area contributed by atoms with E-state index in [-0.39, 0.29) is 16.7 Å². The van der Waals surface area contributed by atoms with Gasteiger partial charge in [-0.05, 0) is 57.2 Å². The van der Waals surface area contributed by atoms with Gasteiger partial charge in [0.2, 0.25) is 0 Å². The van der Waals surface area contributed by atoms with Crippen LogP contribution in [0, 0.1) is 20.8 Å². The molecule has 3 aromatic carbocycles. The van der Waals surface area contributed by atoms with E-state index >= 15 is 0 Å². The number of benzene rings is 3. The van der Waals surface area contributed by atoms with Crippen molar-refractivity contribution in [2.24, 2.45) is 0 Å². The lowest BCUT2D eigenvalue weighted by Gasteiger charge is -2.25. The smallest absolute Gasteiger partial charge is 0.338 e. The normalized spacial score (nSPS) is 26.2. The summed E-state index contributed by atoms with van der Waals surface area (Å²) in [7, 11) is 0. The maximum atomic E-state index is 13.6. The van der Waals surface area contributed by atoms with Crippen molar-refractivity contribution in [2.75, 3.05) is 6.56 Å². The number of nitrogens with zero attached hydrogens (tertiary/aromatic N) is 1. The van der Waals surface area contributed by atoms with Crippen molar-refractivity contribution in [3.05, 3.63) is 139 Å². The second-order valence-corrected chi connectivity index (χ2v) is 9.88. The summed E-state index contributed by atoms with van der Waals surface area (Å²) in [6.07, 6.45) is -12.7. The van der Waals surface area contributed by atoms with Gasteiger partial charge in [-0.1, -0.05) is 53.1 Å². The zero-order valence-corrected chi connectivity index (χ0v) is 23.8. The van der Waals surface area contributed by atoms with Gasteiger partial charge < -0.3 is 18.9 Å². The molecule has 5 rings (SSSR count). The van der Waals surface area contributed by atoms with Gasteiger partial charge in [-0.3, -0.25) is 14.3 Å². The number of aryl methyl sites for hydroxylation is 3. The van der Waals surface area contributed by atoms with E-state index in [2.05, 4.69) is 0 Å². The van der Waals surface area contributed by atoms with Gasteiger partial charge in [0.05, 0.1) is 23.5 Å². The van der Waals surface area contributed by atoms with Crippen molar-refractivity contribution in [3.63, 3.8) is 0 Å². The van der Waals surface area contributed by atoms with Crippen LogP contribution in [0.4, 0.5) is 0 Å². The highest BCUT2D eigenvalue weighted by atomic mass is 16.7. The Morgan fingerprint density at radius 1 is 0.750 bits per heavy atom. The highest BCUT2D eigenvalue weighted by Gasteiger charge is 2.51. The van der Waals surface area contributed by atoms with Crippen LogP contribution in [0.15, 0.2) is 94.6 Å². The monoisotopic (exact) mass is 603 g/mol. The van der Waals surface area contributed by atoms with E-state index in [1.807, 2.05) is 4.98 Å². The van der Waals surface area contributed by atoms with Crippen molar-refractivity contribution in [3.8, 4) is 0 Å². The topological polar surface area (TPSA) is 143 Å². The van der Waals surface area contributed by atoms with E-state index in [0.717, 1.165) is 29.0 Å². The number of ether oxygens (including phenoxy) is 4. The molecule has 1 saturated heterocycles. The van der Waals surface area contributed by atoms with Crippen molar-refractivity contribution in [1.82, 2.24) is 9.55 Å². The van der Waals surface area contributed by atoms with Gasteiger partial charge in [0.15, 0.2) is 18.4 Å². The fraction of sp³-hybridized carbons (Fsp3) is 0.242. The summed E-state index contributed by atoms with van der Waals surface area (Å²) in [5.74, 6) is -4.02. The van der Waals surface area contributed by atoms with E-state index in [1.165, 1.54) is 72.8 Å². The minimum Gasteiger partial charge on any atom is -0.459 e. The van der Waals surface area contributed by atoms with Gasteiger partial charge in [0.1, 0.15) is 12.6 Å². The molecule has 0 spiro atoms. The van der Waals surface area contributed by atoms with E-state index in [0.29, 0.717) is 4.57 Å². The lowest BCUT2D eigenvalue weighted by Crippen LogP contribution is -2.43. The molecular formula is C33H30N2O9. The average Bonchev–Trinajstić information content (AvgIpc) is 3.20. The summed E-state index contributed by atoms with van der Waals surface area (Å²) >= 11 is 0. The number of H-pyrrole nitrogens is 1. The third-order valence-corrected chi connectivity index (χ3v) is 6.48. The van der Waals surface area contributed by atoms with Crippen molar-refractivity contribution < 1.29 is 40.2 Å². The zero-order chi connectivity index (χ0) is 35.9. The van der Waals surface area contributed by atoms with Gasteiger partial charge in [-0.25, -0.2) is 19.2 Å². The van der Waals surface area contributed by atoms with Crippen LogP contribution in [0.3, 0.4) is 0 Å². The maximum absolute atomic E-state index is 13.6. The highest BCUT2D eigenvalue weighted by molar-refractivity contribution is 5.91. The first-order chi connectivity index (χ1) is 22.9. The van der Waals surface area contributed by atoms with Gasteiger partial charge in [-0.2, -0.15) is 0 Å². The molecule has 4 aromatic rings. The molecule has 11 heteroatoms. The molecule has 4 atom stereocenters. The van der Waals surface area contributed by atoms with Crippen molar-refractivity contribution >= 4 is 17.9 Å². The second-order valence-electron chi connectivity index (χ2n) is 9.88. The molecule has 1 aliphatic rings. The molecule has 11 nitrogen and oxygen atoms in total. The predicted octanol–water partition coefficient (Wildman–Crippen LogP) is 3.67. The molecular weight excluding hydrogens is 568 g/mol. The highest BCUT2D eigenvalue weighted by Crippen LogP contribution is 2.34. The summed E-state index contributed by atoms with van der Waals surface area (Å²) in [5.41, 5.74) is -0.498. The van der Waals surface area contributed by atoms with Gasteiger partial charge in [0.25, 0.3) is 5.56 Å². The number of hydrogen-bond donors (Lipinski definition) is 1. The molecule has 0 amide bonds. The molecule has 0 radical (unpaired) electrons. The first-order valence-corrected chi connectivity index (χ1v) is 13.3. The minimum absolute atomic E-state index is 0.167. The number of hydrogen-bond acceptors (Lipinski definition) is 9. The Hall–Kier alpha value is -5.29. The fourth-order valence-corrected chi connectivity index (χ4v) is 4.03. The lowest BCUT2D eigenvalue weighted by atomic mass is 10.1. The van der Waals surface area contributed by atoms with Crippen LogP contribution in [-0.2, 0) is 18.9 Å². The Morgan fingerprint density at radius 2 is 1.20 bits per heavy atom. The molecule has 0 saturated carbocycles. The van der Waals surface area contributed by atoms with Crippen LogP contribution in [0.2, 0.25) is 0 Å². The lowest BCUT2D eigenvalue weighted by molar-refractivity contribution is -0.0640. The quantitative estimate of drug-likeness (QED) is 0.236. The Labute approximate surface area is 259 Å². The molecule has 0 aliphatic carbocycles. The molecule has 0 unspecified atom stereocenters. The maximum Gasteiger partial charge on any atom is 0.338 e. The zero-order valence-electron chi connectivity index (χ0n) is 28.8. The number of nitrogens with one attached hydrogen (secondary N) is 1. The molecule has 44 heavy (non-hydrogen) atoms. The second kappa shape index (κ2) is 12.9. The van der Waals surface area contributed by atoms with Gasteiger partial charge >= 0.3 is 23.6 Å². The Kier molecular flexibility index (Phi) is 7.10. The van der Waals surface area contributed by atoms with Crippen LogP contribution in [0.5, 0.6) is 0 Å². The molecule has 0 bridgehead atoms. The summed E-state index contributed by atoms with van der Waals surface area (Å²) in [4.78, 5) is 67.2. The Balaban J connectivity index is 1.71. The summed E-state index contributed by atoms with van der Waals surface area (Å²) in [5, 5.41) is 0. The predicted molar refractivity (Wildman–Crippen MR) is 157 cm³/mol. The van der Waals surface area contributed by atoms with Crippen LogP contribution in [-0.4, -0.2) is 52.3 Å². The largest absolute Gasteiger partial charge is 0.459 e. The van der Waals surface area contributed by atoms with Crippen molar-refractivity contribution in [2.45, 2.75) is 45.2 Å². The summed E-state index contributed by atoms with van der Waals surface area (Å²) < 4.78 is 68.0. The Morgan fingerprint density at radius 3 is 1.68 bits per heavy atom. The molecule has 2 heterocycles. The SMILES string of the molecule is [2H]C([2H])(OC(=O)c1ccc(C)cc1)[C@@]1([2H])O[C@@H](n2ccc(=O)[nH]c2=O)[C@]([2H])(OC(=O)c2ccc(C)cc2)[C@]1([2H])OC(=O)c1ccc(C)cc1. The number of carbonyl (C=O) groups excluding carboxylic acids is 3. The van der Waals surface area contributed by atoms with Crippen molar-refractivity contribution in [1.29, 1.82) is 0 Å². The first kappa shape index (κ1) is 24.2. The Bertz CT molecular complexity index is 2030. The van der Waals surface area contributed by atoms with Gasteiger partial charge in [-0.15, -0.1) is 0 Å². The number of aromatic nitrogens is 2. The summed E-state index contributed by atoms with van der Waals surface area (Å²) in [6.45, 7) is 1.43. The minimum atomic E-state index is -3.78. The van der Waals surface area contributed by atoms with E-state index in [9.17, 15) is 28.1 Å². The molecule has 226 valence electrons. The van der Waals surface area contributed by atoms with Crippen LogP contribution < -0.4 is 11.2 Å². The molecule has 1 fully saturated rings. The van der Waals surface area contributed by atoms with Crippen LogP contribution >= 0.6 is 0 Å². The standard InChI is InChI=1S/C33H30N2O9/c1-19-4-10-22(11-5-19)30(37)41-18-25-27(43-31(38)23-12-6-20(2)7-13-23)28(44-32(39)24-14-8-21(3)9-15-24)29(42-25)35-17-16-26(36)34-33(35)40/h4-17,25,27-29H,18H2,1-3H3,(H,34,36,40)/t25-,27-,28-,29-/m1/s1/i18D2,25D,27D,28D. The molecule has 1 aromatic heterocycles. The van der Waals surface area contributed by atoms with Gasteiger partial charge in [0, 0.05) is 12.3 Å². The van der Waals surface area contributed by atoms with E-state index in [1.54, 1.807) is 20.8 Å². The molecule has 1 aliphatic heterocycles. The molecule has 1 N–H and O–H groups in total. The number of carbonyl (C=O) groups is 3. The third kappa shape index (κ3) is 6.84. The fourth-order valence-electron chi connectivity index (χ4n) is 4.03. The van der Waals surface area contributed by atoms with Crippen LogP contribution in [0.25, 0.3) is 0 Å². The third-order valence-electron chi connectivity index (χ3n) is 6.48. The van der Waals surface area contributed by atoms with Crippen LogP contribution in [0.1, 0.15) is 60.8 Å². The first-order valence-electron chi connectivity index (χ1n) is 15.8. The average molecular weight is 604 g/mol. The summed E-state index contributed by atoms with van der Waals surface area (Å²) in [6, 6.07) is 17.8.